The van der Waals surface area contributed by atoms with Gasteiger partial charge < -0.3 is 19.5 Å². The van der Waals surface area contributed by atoms with E-state index in [0.717, 1.165) is 4.90 Å². The zero-order valence-corrected chi connectivity index (χ0v) is 12.0. The SMILES string of the molecule is CO[C@H]1CN(C(=O)OC(C)(C)C)C[C@](O)(C(F)(F)F)C1. The Labute approximate surface area is 115 Å². The molecule has 0 unspecified atom stereocenters. The van der Waals surface area contributed by atoms with Gasteiger partial charge in [0.25, 0.3) is 0 Å². The second kappa shape index (κ2) is 5.40. The Morgan fingerprint density at radius 3 is 2.30 bits per heavy atom. The first kappa shape index (κ1) is 17.0. The first-order valence-electron chi connectivity index (χ1n) is 6.18. The zero-order chi connectivity index (χ0) is 15.8. The van der Waals surface area contributed by atoms with Gasteiger partial charge in [0.15, 0.2) is 5.60 Å². The predicted octanol–water partition coefficient (Wildman–Crippen LogP) is 1.94. The number of likely N-dealkylation sites (tertiary alicyclic amines) is 1. The number of hydrogen-bond donors (Lipinski definition) is 1. The number of alkyl halides is 3. The van der Waals surface area contributed by atoms with Gasteiger partial charge in [0.05, 0.1) is 19.2 Å². The third kappa shape index (κ3) is 3.99. The van der Waals surface area contributed by atoms with E-state index in [1.807, 2.05) is 0 Å². The van der Waals surface area contributed by atoms with Crippen molar-refractivity contribution in [2.75, 3.05) is 20.2 Å². The van der Waals surface area contributed by atoms with Crippen LogP contribution in [0.15, 0.2) is 0 Å². The van der Waals surface area contributed by atoms with Crippen molar-refractivity contribution in [3.63, 3.8) is 0 Å². The van der Waals surface area contributed by atoms with Gasteiger partial charge in [-0.15, -0.1) is 0 Å². The van der Waals surface area contributed by atoms with Crippen molar-refractivity contribution in [2.24, 2.45) is 0 Å². The predicted molar refractivity (Wildman–Crippen MR) is 64.2 cm³/mol. The fraction of sp³-hybridized carbons (Fsp3) is 0.917. The molecule has 1 heterocycles. The van der Waals surface area contributed by atoms with Crippen LogP contribution >= 0.6 is 0 Å². The van der Waals surface area contributed by atoms with E-state index in [-0.39, 0.29) is 6.54 Å². The molecule has 0 aromatic rings. The zero-order valence-electron chi connectivity index (χ0n) is 12.0. The number of amides is 1. The molecule has 0 aromatic heterocycles. The number of rotatable bonds is 1. The van der Waals surface area contributed by atoms with Gasteiger partial charge in [-0.25, -0.2) is 4.79 Å². The molecule has 1 saturated heterocycles. The molecule has 2 atom stereocenters. The number of carbonyl (C=O) groups is 1. The van der Waals surface area contributed by atoms with E-state index in [1.54, 1.807) is 20.8 Å². The number of nitrogens with zero attached hydrogens (tertiary/aromatic N) is 1. The third-order valence-corrected chi connectivity index (χ3v) is 2.95. The second-order valence-electron chi connectivity index (χ2n) is 5.95. The van der Waals surface area contributed by atoms with Crippen molar-refractivity contribution in [1.29, 1.82) is 0 Å². The average molecular weight is 299 g/mol. The molecule has 1 aliphatic heterocycles. The number of aliphatic hydroxyl groups is 1. The molecular weight excluding hydrogens is 279 g/mol. The Morgan fingerprint density at radius 1 is 1.35 bits per heavy atom. The molecule has 0 bridgehead atoms. The monoisotopic (exact) mass is 299 g/mol. The Balaban J connectivity index is 2.90. The first-order valence-corrected chi connectivity index (χ1v) is 6.18. The average Bonchev–Trinajstić information content (AvgIpc) is 2.24. The molecule has 1 rings (SSSR count). The van der Waals surface area contributed by atoms with Gasteiger partial charge in [-0.3, -0.25) is 0 Å². The van der Waals surface area contributed by atoms with Crippen molar-refractivity contribution < 1.29 is 32.5 Å². The van der Waals surface area contributed by atoms with Crippen LogP contribution in [-0.2, 0) is 9.47 Å². The molecule has 1 aliphatic rings. The molecule has 0 spiro atoms. The van der Waals surface area contributed by atoms with E-state index < -0.39 is 42.5 Å². The van der Waals surface area contributed by atoms with Crippen LogP contribution in [0.25, 0.3) is 0 Å². The van der Waals surface area contributed by atoms with Crippen LogP contribution < -0.4 is 0 Å². The minimum atomic E-state index is -4.84. The van der Waals surface area contributed by atoms with Crippen molar-refractivity contribution in [2.45, 2.75) is 50.7 Å². The molecule has 1 N–H and O–H groups in total. The highest BCUT2D eigenvalue weighted by atomic mass is 19.4. The molecule has 1 amide bonds. The van der Waals surface area contributed by atoms with Gasteiger partial charge in [0.2, 0.25) is 0 Å². The highest BCUT2D eigenvalue weighted by Gasteiger charge is 2.58. The lowest BCUT2D eigenvalue weighted by Crippen LogP contribution is -2.62. The van der Waals surface area contributed by atoms with E-state index in [1.165, 1.54) is 7.11 Å². The Kier molecular flexibility index (Phi) is 4.60. The lowest BCUT2D eigenvalue weighted by molar-refractivity contribution is -0.281. The molecule has 20 heavy (non-hydrogen) atoms. The Hall–Kier alpha value is -1.02. The number of ether oxygens (including phenoxy) is 2. The quantitative estimate of drug-likeness (QED) is 0.804. The second-order valence-corrected chi connectivity index (χ2v) is 5.95. The van der Waals surface area contributed by atoms with Gasteiger partial charge >= 0.3 is 12.3 Å². The Morgan fingerprint density at radius 2 is 1.90 bits per heavy atom. The van der Waals surface area contributed by atoms with Gasteiger partial charge in [-0.1, -0.05) is 0 Å². The van der Waals surface area contributed by atoms with E-state index in [9.17, 15) is 23.1 Å². The Bertz CT molecular complexity index is 367. The standard InChI is InChI=1S/C12H20F3NO4/c1-10(2,3)20-9(17)16-6-8(19-4)5-11(18,7-16)12(13,14)15/h8,18H,5-7H2,1-4H3/t8-,11+/m1/s1. The van der Waals surface area contributed by atoms with Gasteiger partial charge in [-0.2, -0.15) is 13.2 Å². The van der Waals surface area contributed by atoms with Crippen molar-refractivity contribution in [1.82, 2.24) is 4.90 Å². The van der Waals surface area contributed by atoms with Crippen molar-refractivity contribution in [3.8, 4) is 0 Å². The molecule has 1 fully saturated rings. The lowest BCUT2D eigenvalue weighted by atomic mass is 9.90. The summed E-state index contributed by atoms with van der Waals surface area (Å²) in [7, 11) is 1.24. The first-order chi connectivity index (χ1) is 8.88. The lowest BCUT2D eigenvalue weighted by Gasteiger charge is -2.43. The normalized spacial score (nSPS) is 28.4. The number of methoxy groups -OCH3 is 1. The summed E-state index contributed by atoms with van der Waals surface area (Å²) in [5, 5.41) is 9.77. The van der Waals surface area contributed by atoms with Gasteiger partial charge in [0, 0.05) is 13.5 Å². The summed E-state index contributed by atoms with van der Waals surface area (Å²) in [6, 6.07) is 0. The van der Waals surface area contributed by atoms with Gasteiger partial charge in [0.1, 0.15) is 5.60 Å². The summed E-state index contributed by atoms with van der Waals surface area (Å²) in [4.78, 5) is 12.7. The van der Waals surface area contributed by atoms with Gasteiger partial charge in [-0.05, 0) is 20.8 Å². The number of halogens is 3. The van der Waals surface area contributed by atoms with E-state index in [2.05, 4.69) is 0 Å². The third-order valence-electron chi connectivity index (χ3n) is 2.95. The minimum Gasteiger partial charge on any atom is -0.444 e. The molecule has 0 saturated carbocycles. The van der Waals surface area contributed by atoms with E-state index in [4.69, 9.17) is 9.47 Å². The molecule has 5 nitrogen and oxygen atoms in total. The molecule has 0 aliphatic carbocycles. The van der Waals surface area contributed by atoms with Crippen LogP contribution in [-0.4, -0.2) is 59.8 Å². The van der Waals surface area contributed by atoms with Crippen LogP contribution in [0.1, 0.15) is 27.2 Å². The molecule has 0 aromatic carbocycles. The minimum absolute atomic E-state index is 0.0518. The van der Waals surface area contributed by atoms with E-state index >= 15 is 0 Å². The maximum atomic E-state index is 12.9. The number of piperidine rings is 1. The number of carbonyl (C=O) groups excluding carboxylic acids is 1. The summed E-state index contributed by atoms with van der Waals surface area (Å²) in [5.41, 5.74) is -3.81. The van der Waals surface area contributed by atoms with E-state index in [0.29, 0.717) is 0 Å². The molecule has 0 radical (unpaired) electrons. The van der Waals surface area contributed by atoms with Crippen molar-refractivity contribution >= 4 is 6.09 Å². The van der Waals surface area contributed by atoms with Crippen LogP contribution in [0.4, 0.5) is 18.0 Å². The largest absolute Gasteiger partial charge is 0.444 e. The fourth-order valence-corrected chi connectivity index (χ4v) is 1.96. The topological polar surface area (TPSA) is 59.0 Å². The van der Waals surface area contributed by atoms with Crippen LogP contribution in [0.2, 0.25) is 0 Å². The molecular formula is C12H20F3NO4. The summed E-state index contributed by atoms with van der Waals surface area (Å²) >= 11 is 0. The smallest absolute Gasteiger partial charge is 0.419 e. The summed E-state index contributed by atoms with van der Waals surface area (Å²) in [5.74, 6) is 0. The van der Waals surface area contributed by atoms with Crippen LogP contribution in [0, 0.1) is 0 Å². The molecule has 118 valence electrons. The summed E-state index contributed by atoms with van der Waals surface area (Å²) in [6.07, 6.45) is -7.25. The van der Waals surface area contributed by atoms with Crippen LogP contribution in [0.5, 0.6) is 0 Å². The summed E-state index contributed by atoms with van der Waals surface area (Å²) in [6.45, 7) is 3.92. The molecule has 8 heteroatoms. The summed E-state index contributed by atoms with van der Waals surface area (Å²) < 4.78 is 48.7. The maximum absolute atomic E-state index is 12.9. The van der Waals surface area contributed by atoms with Crippen LogP contribution in [0.3, 0.4) is 0 Å². The number of β-amino-alcohol motifs (C(OH)–C–C–N with tert-alkyl or cyclic N) is 1. The fourth-order valence-electron chi connectivity index (χ4n) is 1.96. The highest BCUT2D eigenvalue weighted by Crippen LogP contribution is 2.38. The highest BCUT2D eigenvalue weighted by molar-refractivity contribution is 5.68. The maximum Gasteiger partial charge on any atom is 0.419 e. The van der Waals surface area contributed by atoms with Crippen molar-refractivity contribution in [3.05, 3.63) is 0 Å². The number of hydrogen-bond acceptors (Lipinski definition) is 4.